The summed E-state index contributed by atoms with van der Waals surface area (Å²) in [6, 6.07) is 61.0. The van der Waals surface area contributed by atoms with E-state index in [1.54, 1.807) is 11.1 Å². The van der Waals surface area contributed by atoms with E-state index in [2.05, 4.69) is 168 Å². The molecule has 0 atom stereocenters. The first kappa shape index (κ1) is 32.4. The number of hydrogen-bond acceptors (Lipinski definition) is 2. The number of hydrogen-bond donors (Lipinski definition) is 0. The van der Waals surface area contributed by atoms with Crippen molar-refractivity contribution in [3.8, 4) is 39.5 Å². The molecular formula is C56H41N3. The third kappa shape index (κ3) is 4.32. The lowest BCUT2D eigenvalue weighted by Gasteiger charge is -2.61. The van der Waals surface area contributed by atoms with Crippen LogP contribution in [0.4, 0.5) is 0 Å². The van der Waals surface area contributed by atoms with Gasteiger partial charge in [-0.05, 0) is 130 Å². The van der Waals surface area contributed by atoms with Crippen molar-refractivity contribution in [2.45, 2.75) is 37.5 Å². The highest BCUT2D eigenvalue weighted by atomic mass is 15.2. The van der Waals surface area contributed by atoms with Gasteiger partial charge >= 0.3 is 0 Å². The minimum atomic E-state index is 0.182. The fourth-order valence-corrected chi connectivity index (χ4v) is 13.3. The molecule has 8 aromatic carbocycles. The van der Waals surface area contributed by atoms with Crippen LogP contribution in [0.25, 0.3) is 93.7 Å². The second kappa shape index (κ2) is 11.8. The molecule has 5 aliphatic rings. The van der Waals surface area contributed by atoms with Crippen molar-refractivity contribution in [3.63, 3.8) is 0 Å². The van der Waals surface area contributed by atoms with Gasteiger partial charge in [0.05, 0.1) is 22.2 Å². The normalized spacial score (nSPS) is 22.6. The van der Waals surface area contributed by atoms with Gasteiger partial charge in [0, 0.05) is 32.5 Å². The van der Waals surface area contributed by atoms with Crippen LogP contribution in [-0.4, -0.2) is 14.5 Å². The molecule has 15 rings (SSSR count). The second-order valence-electron chi connectivity index (χ2n) is 18.1. The molecule has 59 heavy (non-hydrogen) atoms. The molecule has 0 aliphatic heterocycles. The van der Waals surface area contributed by atoms with E-state index >= 15 is 0 Å². The highest BCUT2D eigenvalue weighted by Gasteiger charge is 2.61. The molecule has 4 bridgehead atoms. The van der Waals surface area contributed by atoms with Crippen LogP contribution in [0.15, 0.2) is 164 Å². The van der Waals surface area contributed by atoms with Crippen molar-refractivity contribution >= 4 is 54.3 Å². The average molecular weight is 756 g/mol. The van der Waals surface area contributed by atoms with Gasteiger partial charge in [-0.2, -0.15) is 0 Å². The summed E-state index contributed by atoms with van der Waals surface area (Å²) in [6.45, 7) is 0. The smallest absolute Gasteiger partial charge is 0.235 e. The SMILES string of the molecule is c1ccc2c(c1)-c1cc(-c3ccc4c(c3)c3ccc5ccccc5c3n4-c3nc(-c4cccc5ccccc45)c4ccccc4n3)ccc1C21C2CC3CC(C2)CC1C3. The molecule has 0 amide bonds. The van der Waals surface area contributed by atoms with Crippen LogP contribution in [0, 0.1) is 23.7 Å². The molecule has 0 unspecified atom stereocenters. The maximum absolute atomic E-state index is 5.54. The van der Waals surface area contributed by atoms with Crippen LogP contribution in [0.5, 0.6) is 0 Å². The molecule has 0 radical (unpaired) electrons. The molecule has 5 aliphatic carbocycles. The van der Waals surface area contributed by atoms with Crippen LogP contribution in [0.2, 0.25) is 0 Å². The van der Waals surface area contributed by atoms with Crippen molar-refractivity contribution in [3.05, 3.63) is 175 Å². The monoisotopic (exact) mass is 755 g/mol. The number of nitrogens with zero attached hydrogens (tertiary/aromatic N) is 3. The summed E-state index contributed by atoms with van der Waals surface area (Å²) >= 11 is 0. The molecule has 10 aromatic rings. The third-order valence-corrected chi connectivity index (χ3v) is 15.4. The quantitative estimate of drug-likeness (QED) is 0.180. The van der Waals surface area contributed by atoms with E-state index in [1.807, 2.05) is 0 Å². The minimum absolute atomic E-state index is 0.182. The van der Waals surface area contributed by atoms with Crippen LogP contribution < -0.4 is 0 Å². The molecule has 3 heteroatoms. The van der Waals surface area contributed by atoms with Crippen LogP contribution >= 0.6 is 0 Å². The fraction of sp³-hybridized carbons (Fsp3) is 0.179. The number of benzene rings is 8. The second-order valence-corrected chi connectivity index (χ2v) is 18.1. The molecule has 4 saturated carbocycles. The van der Waals surface area contributed by atoms with Crippen LogP contribution in [0.3, 0.4) is 0 Å². The highest BCUT2D eigenvalue weighted by molar-refractivity contribution is 6.19. The molecule has 3 nitrogen and oxygen atoms in total. The predicted molar refractivity (Wildman–Crippen MR) is 243 cm³/mol. The molecule has 1 spiro atoms. The Balaban J connectivity index is 0.991. The van der Waals surface area contributed by atoms with Gasteiger partial charge in [0.25, 0.3) is 0 Å². The first-order chi connectivity index (χ1) is 29.2. The van der Waals surface area contributed by atoms with Gasteiger partial charge in [0.1, 0.15) is 0 Å². The molecule has 4 fully saturated rings. The Morgan fingerprint density at radius 2 is 1.08 bits per heavy atom. The Bertz CT molecular complexity index is 3390. The standard InChI is InChI=1S/C56H41N3/c1-3-13-41-35(10-1)12-9-17-44(41)53-46-16-6-8-19-51(46)57-55(58-53)59-52-25-22-38(32-48(52)45-23-20-36-11-2-4-14-42(36)54(45)59)37-21-24-50-47(31-37)43-15-5-7-18-49(43)56(50)39-27-33-26-34(29-39)30-40(56)28-33/h1-25,31-34,39-40H,26-30H2. The van der Waals surface area contributed by atoms with Crippen molar-refractivity contribution in [1.29, 1.82) is 0 Å². The van der Waals surface area contributed by atoms with Crippen LogP contribution in [-0.2, 0) is 5.41 Å². The molecule has 2 heterocycles. The zero-order chi connectivity index (χ0) is 38.4. The number of para-hydroxylation sites is 1. The first-order valence-electron chi connectivity index (χ1n) is 21.7. The van der Waals surface area contributed by atoms with Crippen molar-refractivity contribution in [2.24, 2.45) is 23.7 Å². The Kier molecular flexibility index (Phi) is 6.46. The summed E-state index contributed by atoms with van der Waals surface area (Å²) in [5.41, 5.74) is 14.1. The number of fused-ring (bicyclic) bond motifs is 10. The molecular weight excluding hydrogens is 715 g/mol. The van der Waals surface area contributed by atoms with Gasteiger partial charge in [0.15, 0.2) is 0 Å². The third-order valence-electron chi connectivity index (χ3n) is 15.4. The van der Waals surface area contributed by atoms with Gasteiger partial charge in [0.2, 0.25) is 5.95 Å². The molecule has 2 aromatic heterocycles. The van der Waals surface area contributed by atoms with Gasteiger partial charge in [-0.1, -0.05) is 140 Å². The van der Waals surface area contributed by atoms with Gasteiger partial charge in [-0.15, -0.1) is 0 Å². The Labute approximate surface area is 343 Å². The fourth-order valence-electron chi connectivity index (χ4n) is 13.3. The van der Waals surface area contributed by atoms with Gasteiger partial charge < -0.3 is 0 Å². The van der Waals surface area contributed by atoms with Crippen LogP contribution in [0.1, 0.15) is 43.2 Å². The van der Waals surface area contributed by atoms with E-state index in [1.165, 1.54) is 86.7 Å². The Morgan fingerprint density at radius 3 is 1.93 bits per heavy atom. The van der Waals surface area contributed by atoms with Crippen molar-refractivity contribution in [2.75, 3.05) is 0 Å². The topological polar surface area (TPSA) is 30.7 Å². The largest absolute Gasteiger partial charge is 0.277 e. The van der Waals surface area contributed by atoms with Gasteiger partial charge in [-0.25, -0.2) is 9.97 Å². The van der Waals surface area contributed by atoms with E-state index in [0.717, 1.165) is 56.9 Å². The minimum Gasteiger partial charge on any atom is -0.277 e. The van der Waals surface area contributed by atoms with E-state index in [-0.39, 0.29) is 5.41 Å². The summed E-state index contributed by atoms with van der Waals surface area (Å²) in [5.74, 6) is 4.10. The van der Waals surface area contributed by atoms with E-state index in [4.69, 9.17) is 9.97 Å². The summed E-state index contributed by atoms with van der Waals surface area (Å²) < 4.78 is 2.33. The number of rotatable bonds is 3. The first-order valence-corrected chi connectivity index (χ1v) is 21.7. The maximum atomic E-state index is 5.54. The number of aromatic nitrogens is 3. The average Bonchev–Trinajstić information content (AvgIpc) is 3.78. The lowest BCUT2D eigenvalue weighted by molar-refractivity contribution is -0.0399. The zero-order valence-corrected chi connectivity index (χ0v) is 32.8. The maximum Gasteiger partial charge on any atom is 0.235 e. The lowest BCUT2D eigenvalue weighted by Crippen LogP contribution is -2.55. The van der Waals surface area contributed by atoms with E-state index in [9.17, 15) is 0 Å². The lowest BCUT2D eigenvalue weighted by atomic mass is 9.43. The molecule has 280 valence electrons. The summed E-state index contributed by atoms with van der Waals surface area (Å²) in [7, 11) is 0. The van der Waals surface area contributed by atoms with E-state index < -0.39 is 0 Å². The summed E-state index contributed by atoms with van der Waals surface area (Å²) in [5, 5.41) is 8.26. The van der Waals surface area contributed by atoms with Crippen molar-refractivity contribution in [1.82, 2.24) is 14.5 Å². The summed E-state index contributed by atoms with van der Waals surface area (Å²) in [4.78, 5) is 10.9. The van der Waals surface area contributed by atoms with E-state index in [0.29, 0.717) is 5.95 Å². The van der Waals surface area contributed by atoms with Crippen molar-refractivity contribution < 1.29 is 0 Å². The predicted octanol–water partition coefficient (Wildman–Crippen LogP) is 14.1. The zero-order valence-electron chi connectivity index (χ0n) is 32.8. The van der Waals surface area contributed by atoms with Gasteiger partial charge in [-0.3, -0.25) is 4.57 Å². The Hall–Kier alpha value is -6.58. The molecule has 0 N–H and O–H groups in total. The highest BCUT2D eigenvalue weighted by Crippen LogP contribution is 2.69. The Morgan fingerprint density at radius 1 is 0.441 bits per heavy atom. The molecule has 0 saturated heterocycles. The summed E-state index contributed by atoms with van der Waals surface area (Å²) in [6.07, 6.45) is 7.10.